The Morgan fingerprint density at radius 2 is 1.59 bits per heavy atom. The summed E-state index contributed by atoms with van der Waals surface area (Å²) in [5.74, 6) is -2.61. The van der Waals surface area contributed by atoms with Gasteiger partial charge in [-0.3, -0.25) is 9.59 Å². The molecule has 10 nitrogen and oxygen atoms in total. The van der Waals surface area contributed by atoms with Gasteiger partial charge in [0.05, 0.1) is 0 Å². The SMILES string of the molecule is CC(C)CC(NC(=O)OC(C)(C)C)C(=O)NC(C(=O)NC(Cc1c[nH]c2ccccc12)C(=O)O)C(C)C. The van der Waals surface area contributed by atoms with E-state index in [1.807, 2.05) is 38.1 Å². The van der Waals surface area contributed by atoms with Gasteiger partial charge in [-0.25, -0.2) is 9.59 Å². The van der Waals surface area contributed by atoms with Gasteiger partial charge in [-0.2, -0.15) is 0 Å². The minimum absolute atomic E-state index is 0.0695. The van der Waals surface area contributed by atoms with Crippen LogP contribution in [0.4, 0.5) is 4.79 Å². The van der Waals surface area contributed by atoms with Gasteiger partial charge in [0.15, 0.2) is 0 Å². The summed E-state index contributed by atoms with van der Waals surface area (Å²) in [6, 6.07) is 4.37. The molecule has 3 amide bonds. The van der Waals surface area contributed by atoms with Crippen molar-refractivity contribution in [1.29, 1.82) is 0 Å². The lowest BCUT2D eigenvalue weighted by molar-refractivity contribution is -0.142. The van der Waals surface area contributed by atoms with E-state index in [9.17, 15) is 24.3 Å². The van der Waals surface area contributed by atoms with Crippen LogP contribution in [-0.2, 0) is 25.5 Å². The van der Waals surface area contributed by atoms with Crippen LogP contribution in [0.3, 0.4) is 0 Å². The number of aromatic nitrogens is 1. The van der Waals surface area contributed by atoms with Gasteiger partial charge >= 0.3 is 12.1 Å². The van der Waals surface area contributed by atoms with Crippen molar-refractivity contribution in [1.82, 2.24) is 20.9 Å². The van der Waals surface area contributed by atoms with Gasteiger partial charge < -0.3 is 30.8 Å². The number of aliphatic carboxylic acids is 1. The molecule has 2 rings (SSSR count). The highest BCUT2D eigenvalue weighted by Crippen LogP contribution is 2.19. The molecule has 5 N–H and O–H groups in total. The maximum absolute atomic E-state index is 13.2. The Hall–Kier alpha value is -3.56. The zero-order valence-corrected chi connectivity index (χ0v) is 22.7. The van der Waals surface area contributed by atoms with E-state index in [-0.39, 0.29) is 18.3 Å². The molecule has 1 heterocycles. The van der Waals surface area contributed by atoms with Crippen molar-refractivity contribution in [3.8, 4) is 0 Å². The number of ether oxygens (including phenoxy) is 1. The summed E-state index contributed by atoms with van der Waals surface area (Å²) >= 11 is 0. The lowest BCUT2D eigenvalue weighted by Crippen LogP contribution is -2.58. The largest absolute Gasteiger partial charge is 0.480 e. The van der Waals surface area contributed by atoms with E-state index in [4.69, 9.17) is 4.74 Å². The van der Waals surface area contributed by atoms with Crippen LogP contribution in [0.1, 0.15) is 60.5 Å². The van der Waals surface area contributed by atoms with Gasteiger partial charge in [-0.05, 0) is 50.7 Å². The number of para-hydroxylation sites is 1. The number of H-pyrrole nitrogens is 1. The zero-order chi connectivity index (χ0) is 27.9. The molecule has 0 saturated heterocycles. The number of carbonyl (C=O) groups excluding carboxylic acids is 3. The average Bonchev–Trinajstić information content (AvgIpc) is 3.17. The molecule has 0 saturated carbocycles. The molecule has 10 heteroatoms. The molecule has 0 bridgehead atoms. The maximum atomic E-state index is 13.2. The number of fused-ring (bicyclic) bond motifs is 1. The van der Waals surface area contributed by atoms with E-state index in [2.05, 4.69) is 20.9 Å². The van der Waals surface area contributed by atoms with Crippen molar-refractivity contribution in [2.75, 3.05) is 0 Å². The Balaban J connectivity index is 2.15. The zero-order valence-electron chi connectivity index (χ0n) is 22.7. The Labute approximate surface area is 217 Å². The van der Waals surface area contributed by atoms with Gasteiger partial charge in [0.2, 0.25) is 11.8 Å². The second-order valence-electron chi connectivity index (χ2n) is 11.0. The molecule has 0 fully saturated rings. The molecule has 1 aromatic carbocycles. The number of aromatic amines is 1. The minimum Gasteiger partial charge on any atom is -0.480 e. The molecular formula is C27H40N4O6. The third kappa shape index (κ3) is 9.11. The summed E-state index contributed by atoms with van der Waals surface area (Å²) in [6.07, 6.45) is 1.40. The number of rotatable bonds is 11. The third-order valence-electron chi connectivity index (χ3n) is 5.68. The van der Waals surface area contributed by atoms with Gasteiger partial charge in [0.1, 0.15) is 23.7 Å². The van der Waals surface area contributed by atoms with E-state index in [1.165, 1.54) is 0 Å². The highest BCUT2D eigenvalue weighted by molar-refractivity contribution is 5.93. The lowest BCUT2D eigenvalue weighted by atomic mass is 9.99. The first-order valence-corrected chi connectivity index (χ1v) is 12.6. The molecule has 0 aliphatic heterocycles. The second-order valence-corrected chi connectivity index (χ2v) is 11.0. The molecule has 0 radical (unpaired) electrons. The molecule has 37 heavy (non-hydrogen) atoms. The number of carboxylic acid groups (broad SMARTS) is 1. The van der Waals surface area contributed by atoms with Crippen molar-refractivity contribution in [3.63, 3.8) is 0 Å². The van der Waals surface area contributed by atoms with Gasteiger partial charge in [-0.15, -0.1) is 0 Å². The quantitative estimate of drug-likeness (QED) is 0.309. The fourth-order valence-electron chi connectivity index (χ4n) is 3.92. The van der Waals surface area contributed by atoms with Crippen LogP contribution < -0.4 is 16.0 Å². The number of nitrogens with one attached hydrogen (secondary N) is 4. The van der Waals surface area contributed by atoms with E-state index < -0.39 is 47.6 Å². The third-order valence-corrected chi connectivity index (χ3v) is 5.68. The van der Waals surface area contributed by atoms with Crippen LogP contribution in [0.2, 0.25) is 0 Å². The Morgan fingerprint density at radius 3 is 2.16 bits per heavy atom. The fourth-order valence-corrected chi connectivity index (χ4v) is 3.92. The fraction of sp³-hybridized carbons (Fsp3) is 0.556. The van der Waals surface area contributed by atoms with Gasteiger partial charge in [0, 0.05) is 23.5 Å². The highest BCUT2D eigenvalue weighted by Gasteiger charge is 2.32. The van der Waals surface area contributed by atoms with Crippen molar-refractivity contribution < 1.29 is 29.0 Å². The molecule has 2 aromatic rings. The number of alkyl carbamates (subject to hydrolysis) is 1. The summed E-state index contributed by atoms with van der Waals surface area (Å²) in [4.78, 5) is 53.7. The van der Waals surface area contributed by atoms with Crippen molar-refractivity contribution in [2.45, 2.75) is 85.0 Å². The predicted molar refractivity (Wildman–Crippen MR) is 141 cm³/mol. The van der Waals surface area contributed by atoms with Gasteiger partial charge in [-0.1, -0.05) is 45.9 Å². The van der Waals surface area contributed by atoms with Crippen LogP contribution in [0.5, 0.6) is 0 Å². The molecule has 1 aromatic heterocycles. The summed E-state index contributed by atoms with van der Waals surface area (Å²) < 4.78 is 5.28. The predicted octanol–water partition coefficient (Wildman–Crippen LogP) is 3.36. The number of hydrogen-bond acceptors (Lipinski definition) is 5. The van der Waals surface area contributed by atoms with Crippen molar-refractivity contribution >= 4 is 34.8 Å². The average molecular weight is 517 g/mol. The van der Waals surface area contributed by atoms with E-state index in [0.717, 1.165) is 16.5 Å². The standard InChI is InChI=1S/C27H40N4O6/c1-15(2)12-20(30-26(36)37-27(5,6)7)23(32)31-22(16(3)4)24(33)29-21(25(34)35)13-17-14-28-19-11-9-8-10-18(17)19/h8-11,14-16,20-22,28H,12-13H2,1-7H3,(H,29,33)(H,30,36)(H,31,32)(H,34,35). The molecule has 3 atom stereocenters. The van der Waals surface area contributed by atoms with Crippen molar-refractivity contribution in [2.24, 2.45) is 11.8 Å². The smallest absolute Gasteiger partial charge is 0.408 e. The molecule has 0 aliphatic carbocycles. The summed E-state index contributed by atoms with van der Waals surface area (Å²) in [6.45, 7) is 12.5. The first-order valence-electron chi connectivity index (χ1n) is 12.6. The normalized spacial score (nSPS) is 14.2. The summed E-state index contributed by atoms with van der Waals surface area (Å²) in [5.41, 5.74) is 0.890. The van der Waals surface area contributed by atoms with E-state index in [0.29, 0.717) is 6.42 Å². The van der Waals surface area contributed by atoms with Crippen molar-refractivity contribution in [3.05, 3.63) is 36.0 Å². The Bertz CT molecular complexity index is 1100. The van der Waals surface area contributed by atoms with Crippen LogP contribution in [0.15, 0.2) is 30.5 Å². The number of benzene rings is 1. The Kier molecular flexibility index (Phi) is 10.1. The van der Waals surface area contributed by atoms with Crippen LogP contribution >= 0.6 is 0 Å². The first-order chi connectivity index (χ1) is 17.2. The topological polar surface area (TPSA) is 150 Å². The monoisotopic (exact) mass is 516 g/mol. The Morgan fingerprint density at radius 1 is 0.946 bits per heavy atom. The number of carbonyl (C=O) groups is 4. The molecule has 3 unspecified atom stereocenters. The second kappa shape index (κ2) is 12.6. The van der Waals surface area contributed by atoms with Gasteiger partial charge in [0.25, 0.3) is 0 Å². The van der Waals surface area contributed by atoms with Crippen LogP contribution in [0, 0.1) is 11.8 Å². The number of amides is 3. The summed E-state index contributed by atoms with van der Waals surface area (Å²) in [5, 5.41) is 18.5. The number of carboxylic acids is 1. The molecule has 0 spiro atoms. The first kappa shape index (κ1) is 29.7. The van der Waals surface area contributed by atoms with E-state index >= 15 is 0 Å². The number of hydrogen-bond donors (Lipinski definition) is 5. The van der Waals surface area contributed by atoms with Crippen LogP contribution in [0.25, 0.3) is 10.9 Å². The minimum atomic E-state index is -1.20. The lowest BCUT2D eigenvalue weighted by Gasteiger charge is -2.28. The molecule has 204 valence electrons. The van der Waals surface area contributed by atoms with E-state index in [1.54, 1.807) is 40.8 Å². The maximum Gasteiger partial charge on any atom is 0.408 e. The highest BCUT2D eigenvalue weighted by atomic mass is 16.6. The molecular weight excluding hydrogens is 476 g/mol. The summed E-state index contributed by atoms with van der Waals surface area (Å²) in [7, 11) is 0. The molecule has 0 aliphatic rings. The van der Waals surface area contributed by atoms with Crippen LogP contribution in [-0.4, -0.2) is 57.7 Å².